The van der Waals surface area contributed by atoms with Crippen LogP contribution in [0.15, 0.2) is 41.0 Å². The van der Waals surface area contributed by atoms with Gasteiger partial charge in [0.25, 0.3) is 0 Å². The van der Waals surface area contributed by atoms with Gasteiger partial charge in [0.15, 0.2) is 5.76 Å². The number of hydrogen-bond acceptors (Lipinski definition) is 4. The lowest BCUT2D eigenvalue weighted by Crippen LogP contribution is -2.30. The lowest BCUT2D eigenvalue weighted by molar-refractivity contribution is 0.0922. The second-order valence-corrected chi connectivity index (χ2v) is 4.88. The van der Waals surface area contributed by atoms with Crippen molar-refractivity contribution in [3.05, 3.63) is 53.5 Å². The van der Waals surface area contributed by atoms with Crippen molar-refractivity contribution in [2.24, 2.45) is 5.84 Å². The molecule has 21 heavy (non-hydrogen) atoms. The van der Waals surface area contributed by atoms with Crippen molar-refractivity contribution in [2.45, 2.75) is 32.8 Å². The highest BCUT2D eigenvalue weighted by atomic mass is 16.5. The van der Waals surface area contributed by atoms with E-state index in [1.807, 2.05) is 18.2 Å². The van der Waals surface area contributed by atoms with E-state index in [-0.39, 0.29) is 12.4 Å². The molecule has 0 saturated heterocycles. The molecule has 1 aromatic heterocycles. The molecule has 112 valence electrons. The average Bonchev–Trinajstić information content (AvgIpc) is 3.00. The van der Waals surface area contributed by atoms with Crippen molar-refractivity contribution < 1.29 is 13.9 Å². The number of amides is 1. The molecule has 1 aromatic carbocycles. The Morgan fingerprint density at radius 1 is 1.38 bits per heavy atom. The summed E-state index contributed by atoms with van der Waals surface area (Å²) >= 11 is 0. The van der Waals surface area contributed by atoms with Gasteiger partial charge in [-0.05, 0) is 30.0 Å². The van der Waals surface area contributed by atoms with Gasteiger partial charge in [0.2, 0.25) is 0 Å². The number of rotatable bonds is 6. The zero-order valence-corrected chi connectivity index (χ0v) is 12.3. The second kappa shape index (κ2) is 6.95. The Labute approximate surface area is 124 Å². The van der Waals surface area contributed by atoms with E-state index in [4.69, 9.17) is 15.0 Å². The summed E-state index contributed by atoms with van der Waals surface area (Å²) in [6, 6.07) is 9.64. The summed E-state index contributed by atoms with van der Waals surface area (Å²) in [5.74, 6) is 6.08. The number of carbonyl (C=O) groups is 1. The molecule has 0 bridgehead atoms. The van der Waals surface area contributed by atoms with Gasteiger partial charge in [0, 0.05) is 5.56 Å². The molecule has 5 heteroatoms. The van der Waals surface area contributed by atoms with Crippen LogP contribution in [0.3, 0.4) is 0 Å². The van der Waals surface area contributed by atoms with E-state index in [2.05, 4.69) is 25.3 Å². The van der Waals surface area contributed by atoms with Gasteiger partial charge in [-0.3, -0.25) is 10.2 Å². The highest BCUT2D eigenvalue weighted by Gasteiger charge is 2.16. The normalized spacial score (nSPS) is 12.0. The van der Waals surface area contributed by atoms with Gasteiger partial charge in [-0.1, -0.05) is 32.0 Å². The molecule has 0 aliphatic heterocycles. The van der Waals surface area contributed by atoms with Crippen LogP contribution in [0.5, 0.6) is 5.75 Å². The SMILES string of the molecule is CCC(C)c1ccccc1OCc1ccoc1C(=O)NN. The molecule has 0 saturated carbocycles. The van der Waals surface area contributed by atoms with Crippen LogP contribution in [0.25, 0.3) is 0 Å². The molecule has 0 aliphatic carbocycles. The molecule has 0 spiro atoms. The highest BCUT2D eigenvalue weighted by Crippen LogP contribution is 2.29. The van der Waals surface area contributed by atoms with Crippen molar-refractivity contribution in [2.75, 3.05) is 0 Å². The molecule has 1 unspecified atom stereocenters. The minimum atomic E-state index is -0.464. The predicted octanol–water partition coefficient (Wildman–Crippen LogP) is 2.98. The summed E-state index contributed by atoms with van der Waals surface area (Å²) in [4.78, 5) is 11.5. The van der Waals surface area contributed by atoms with E-state index in [9.17, 15) is 4.79 Å². The van der Waals surface area contributed by atoms with Crippen LogP contribution >= 0.6 is 0 Å². The Balaban J connectivity index is 2.14. The first-order chi connectivity index (χ1) is 10.2. The molecule has 1 atom stereocenters. The number of carbonyl (C=O) groups excluding carboxylic acids is 1. The number of para-hydroxylation sites is 1. The fourth-order valence-electron chi connectivity index (χ4n) is 2.11. The second-order valence-electron chi connectivity index (χ2n) is 4.88. The molecule has 1 amide bonds. The van der Waals surface area contributed by atoms with Gasteiger partial charge in [0.1, 0.15) is 12.4 Å². The summed E-state index contributed by atoms with van der Waals surface area (Å²) in [7, 11) is 0. The summed E-state index contributed by atoms with van der Waals surface area (Å²) in [6.07, 6.45) is 2.48. The highest BCUT2D eigenvalue weighted by molar-refractivity contribution is 5.92. The Morgan fingerprint density at radius 3 is 2.86 bits per heavy atom. The molecular formula is C16H20N2O3. The van der Waals surface area contributed by atoms with Crippen LogP contribution in [0.2, 0.25) is 0 Å². The monoisotopic (exact) mass is 288 g/mol. The summed E-state index contributed by atoms with van der Waals surface area (Å²) in [5.41, 5.74) is 3.88. The largest absolute Gasteiger partial charge is 0.488 e. The van der Waals surface area contributed by atoms with E-state index in [1.54, 1.807) is 6.07 Å². The number of ether oxygens (including phenoxy) is 1. The van der Waals surface area contributed by atoms with Crippen molar-refractivity contribution in [1.82, 2.24) is 5.43 Å². The van der Waals surface area contributed by atoms with E-state index < -0.39 is 5.91 Å². The fourth-order valence-corrected chi connectivity index (χ4v) is 2.11. The lowest BCUT2D eigenvalue weighted by Gasteiger charge is -2.15. The fraction of sp³-hybridized carbons (Fsp3) is 0.312. The molecule has 0 fully saturated rings. The maximum absolute atomic E-state index is 11.5. The van der Waals surface area contributed by atoms with Crippen LogP contribution in [-0.4, -0.2) is 5.91 Å². The summed E-state index contributed by atoms with van der Waals surface area (Å²) in [5, 5.41) is 0. The van der Waals surface area contributed by atoms with E-state index in [1.165, 1.54) is 6.26 Å². The van der Waals surface area contributed by atoms with Crippen LogP contribution in [-0.2, 0) is 6.61 Å². The first-order valence-corrected chi connectivity index (χ1v) is 6.96. The van der Waals surface area contributed by atoms with Gasteiger partial charge in [-0.25, -0.2) is 5.84 Å². The molecule has 0 aliphatic rings. The minimum Gasteiger partial charge on any atom is -0.488 e. The number of furan rings is 1. The molecule has 2 rings (SSSR count). The van der Waals surface area contributed by atoms with Crippen molar-refractivity contribution in [1.29, 1.82) is 0 Å². The number of benzene rings is 1. The summed E-state index contributed by atoms with van der Waals surface area (Å²) in [6.45, 7) is 4.56. The average molecular weight is 288 g/mol. The van der Waals surface area contributed by atoms with Crippen LogP contribution in [0, 0.1) is 0 Å². The van der Waals surface area contributed by atoms with Crippen LogP contribution in [0.4, 0.5) is 0 Å². The third kappa shape index (κ3) is 3.44. The zero-order valence-electron chi connectivity index (χ0n) is 12.3. The third-order valence-corrected chi connectivity index (χ3v) is 3.53. The van der Waals surface area contributed by atoms with Gasteiger partial charge in [-0.2, -0.15) is 0 Å². The zero-order chi connectivity index (χ0) is 15.2. The summed E-state index contributed by atoms with van der Waals surface area (Å²) < 4.78 is 11.0. The number of nitrogen functional groups attached to an aromatic ring is 1. The maximum Gasteiger partial charge on any atom is 0.301 e. The van der Waals surface area contributed by atoms with Gasteiger partial charge >= 0.3 is 5.91 Å². The van der Waals surface area contributed by atoms with Gasteiger partial charge in [-0.15, -0.1) is 0 Å². The van der Waals surface area contributed by atoms with Gasteiger partial charge < -0.3 is 9.15 Å². The Morgan fingerprint density at radius 2 is 2.14 bits per heavy atom. The molecule has 0 radical (unpaired) electrons. The molecule has 2 aromatic rings. The van der Waals surface area contributed by atoms with Crippen molar-refractivity contribution in [3.8, 4) is 5.75 Å². The third-order valence-electron chi connectivity index (χ3n) is 3.53. The van der Waals surface area contributed by atoms with Crippen LogP contribution < -0.4 is 16.0 Å². The number of hydrazine groups is 1. The predicted molar refractivity (Wildman–Crippen MR) is 79.8 cm³/mol. The van der Waals surface area contributed by atoms with E-state index in [0.29, 0.717) is 11.5 Å². The van der Waals surface area contributed by atoms with E-state index in [0.717, 1.165) is 17.7 Å². The first kappa shape index (κ1) is 15.1. The quantitative estimate of drug-likeness (QED) is 0.486. The van der Waals surface area contributed by atoms with Gasteiger partial charge in [0.05, 0.1) is 6.26 Å². The number of nitrogens with one attached hydrogen (secondary N) is 1. The first-order valence-electron chi connectivity index (χ1n) is 6.96. The molecule has 1 heterocycles. The number of nitrogens with two attached hydrogens (primary N) is 1. The lowest BCUT2D eigenvalue weighted by atomic mass is 9.98. The Kier molecular flexibility index (Phi) is 5.00. The maximum atomic E-state index is 11.5. The smallest absolute Gasteiger partial charge is 0.301 e. The minimum absolute atomic E-state index is 0.179. The number of hydrogen-bond donors (Lipinski definition) is 2. The molecule has 5 nitrogen and oxygen atoms in total. The van der Waals surface area contributed by atoms with Crippen LogP contribution in [0.1, 0.15) is 47.9 Å². The molecule has 3 N–H and O–H groups in total. The standard InChI is InChI=1S/C16H20N2O3/c1-3-11(2)13-6-4-5-7-14(13)21-10-12-8-9-20-15(12)16(19)18-17/h4-9,11H,3,10,17H2,1-2H3,(H,18,19). The van der Waals surface area contributed by atoms with Crippen molar-refractivity contribution >= 4 is 5.91 Å². The molecular weight excluding hydrogens is 268 g/mol. The van der Waals surface area contributed by atoms with Crippen molar-refractivity contribution in [3.63, 3.8) is 0 Å². The Hall–Kier alpha value is -2.27. The Bertz CT molecular complexity index is 607. The van der Waals surface area contributed by atoms with E-state index >= 15 is 0 Å². The topological polar surface area (TPSA) is 77.5 Å².